The summed E-state index contributed by atoms with van der Waals surface area (Å²) < 4.78 is 5.15. The molecule has 7 heteroatoms. The maximum atomic E-state index is 12.3. The summed E-state index contributed by atoms with van der Waals surface area (Å²) in [5.74, 6) is 0.890. The van der Waals surface area contributed by atoms with Crippen molar-refractivity contribution in [3.05, 3.63) is 24.3 Å². The molecular formula is C17H25N3O4. The molecule has 1 heterocycles. The molecule has 1 saturated heterocycles. The van der Waals surface area contributed by atoms with Crippen LogP contribution in [0, 0.1) is 5.92 Å². The maximum Gasteiger partial charge on any atom is 0.321 e. The van der Waals surface area contributed by atoms with Gasteiger partial charge in [-0.25, -0.2) is 10.3 Å². The molecule has 1 aromatic carbocycles. The van der Waals surface area contributed by atoms with Crippen LogP contribution in [0.15, 0.2) is 24.3 Å². The van der Waals surface area contributed by atoms with Crippen LogP contribution < -0.4 is 15.5 Å². The minimum atomic E-state index is -0.342. The first-order valence-corrected chi connectivity index (χ1v) is 8.25. The molecule has 2 rings (SSSR count). The molecule has 0 aromatic heterocycles. The molecule has 132 valence electrons. The summed E-state index contributed by atoms with van der Waals surface area (Å²) in [4.78, 5) is 25.1. The van der Waals surface area contributed by atoms with E-state index in [2.05, 4.69) is 5.32 Å². The van der Waals surface area contributed by atoms with Crippen LogP contribution in [0.3, 0.4) is 0 Å². The number of rotatable bonds is 6. The van der Waals surface area contributed by atoms with Crippen molar-refractivity contribution in [2.75, 3.05) is 25.5 Å². The van der Waals surface area contributed by atoms with Gasteiger partial charge in [-0.05, 0) is 43.7 Å². The normalized spacial score (nSPS) is 15.0. The lowest BCUT2D eigenvalue weighted by Gasteiger charge is -2.32. The smallest absolute Gasteiger partial charge is 0.321 e. The molecule has 1 aliphatic rings. The second-order valence-corrected chi connectivity index (χ2v) is 6.02. The molecule has 1 fully saturated rings. The molecule has 0 atom stereocenters. The number of hydrogen-bond acceptors (Lipinski definition) is 4. The maximum absolute atomic E-state index is 12.3. The number of piperidine rings is 1. The van der Waals surface area contributed by atoms with E-state index in [-0.39, 0.29) is 11.9 Å². The Kier molecular flexibility index (Phi) is 6.87. The second kappa shape index (κ2) is 9.12. The van der Waals surface area contributed by atoms with E-state index in [4.69, 9.17) is 9.94 Å². The molecule has 0 radical (unpaired) electrons. The number of hydrogen-bond donors (Lipinski definition) is 3. The summed E-state index contributed by atoms with van der Waals surface area (Å²) in [5, 5.41) is 11.4. The van der Waals surface area contributed by atoms with Crippen LogP contribution in [0.1, 0.15) is 32.1 Å². The largest absolute Gasteiger partial charge is 0.497 e. The fourth-order valence-electron chi connectivity index (χ4n) is 2.94. The molecule has 1 aromatic rings. The zero-order valence-corrected chi connectivity index (χ0v) is 14.0. The Morgan fingerprint density at radius 3 is 2.75 bits per heavy atom. The lowest BCUT2D eigenvalue weighted by atomic mass is 9.91. The molecule has 3 amide bonds. The predicted molar refractivity (Wildman–Crippen MR) is 90.1 cm³/mol. The van der Waals surface area contributed by atoms with Crippen molar-refractivity contribution >= 4 is 17.6 Å². The van der Waals surface area contributed by atoms with E-state index in [9.17, 15) is 9.59 Å². The van der Waals surface area contributed by atoms with Gasteiger partial charge in [0.15, 0.2) is 0 Å². The van der Waals surface area contributed by atoms with Crippen molar-refractivity contribution in [3.8, 4) is 5.75 Å². The number of methoxy groups -OCH3 is 1. The lowest BCUT2D eigenvalue weighted by Crippen LogP contribution is -2.41. The Labute approximate surface area is 141 Å². The molecule has 0 unspecified atom stereocenters. The molecule has 3 N–H and O–H groups in total. The molecule has 0 spiro atoms. The van der Waals surface area contributed by atoms with Crippen molar-refractivity contribution in [3.63, 3.8) is 0 Å². The number of carbonyl (C=O) groups excluding carboxylic acids is 2. The number of hydroxylamine groups is 1. The lowest BCUT2D eigenvalue weighted by molar-refractivity contribution is -0.129. The van der Waals surface area contributed by atoms with Crippen molar-refractivity contribution in [2.24, 2.45) is 5.92 Å². The monoisotopic (exact) mass is 335 g/mol. The number of nitrogens with zero attached hydrogens (tertiary/aromatic N) is 1. The van der Waals surface area contributed by atoms with Gasteiger partial charge in [0.1, 0.15) is 5.75 Å². The van der Waals surface area contributed by atoms with Crippen LogP contribution in [-0.2, 0) is 4.79 Å². The number of amides is 3. The summed E-state index contributed by atoms with van der Waals surface area (Å²) in [6.07, 6.45) is 3.91. The zero-order chi connectivity index (χ0) is 17.4. The number of anilines is 1. The third kappa shape index (κ3) is 5.42. The van der Waals surface area contributed by atoms with Gasteiger partial charge in [0.2, 0.25) is 5.91 Å². The van der Waals surface area contributed by atoms with E-state index >= 15 is 0 Å². The fraction of sp³-hybridized carbons (Fsp3) is 0.529. The molecule has 0 aliphatic carbocycles. The Morgan fingerprint density at radius 1 is 1.33 bits per heavy atom. The number of nitrogens with one attached hydrogen (secondary N) is 2. The van der Waals surface area contributed by atoms with Crippen LogP contribution >= 0.6 is 0 Å². The SMILES string of the molecule is COc1cccc(NC(=O)N2CCC(CCCC(=O)NO)CC2)c1. The second-order valence-electron chi connectivity index (χ2n) is 6.02. The van der Waals surface area contributed by atoms with Gasteiger partial charge in [-0.2, -0.15) is 0 Å². The molecule has 1 aliphatic heterocycles. The Balaban J connectivity index is 1.73. The van der Waals surface area contributed by atoms with E-state index in [0.717, 1.165) is 31.4 Å². The Hall–Kier alpha value is -2.28. The molecule has 0 bridgehead atoms. The van der Waals surface area contributed by atoms with Gasteiger partial charge < -0.3 is 15.0 Å². The Morgan fingerprint density at radius 2 is 2.08 bits per heavy atom. The standard InChI is InChI=1S/C17H25N3O4/c1-24-15-6-3-5-14(12-15)18-17(22)20-10-8-13(9-11-20)4-2-7-16(21)19-23/h3,5-6,12-13,23H,2,4,7-11H2,1H3,(H,18,22)(H,19,21). The average Bonchev–Trinajstić information content (AvgIpc) is 2.62. The third-order valence-electron chi connectivity index (χ3n) is 4.36. The quantitative estimate of drug-likeness (QED) is 0.550. The third-order valence-corrected chi connectivity index (χ3v) is 4.36. The number of benzene rings is 1. The first kappa shape index (κ1) is 18.1. The number of urea groups is 1. The highest BCUT2D eigenvalue weighted by Crippen LogP contribution is 2.23. The summed E-state index contributed by atoms with van der Waals surface area (Å²) in [7, 11) is 1.59. The van der Waals surface area contributed by atoms with E-state index in [1.165, 1.54) is 0 Å². The highest BCUT2D eigenvalue weighted by atomic mass is 16.5. The summed E-state index contributed by atoms with van der Waals surface area (Å²) in [5.41, 5.74) is 2.37. The average molecular weight is 335 g/mol. The van der Waals surface area contributed by atoms with Gasteiger partial charge in [-0.1, -0.05) is 6.07 Å². The molecule has 7 nitrogen and oxygen atoms in total. The topological polar surface area (TPSA) is 90.9 Å². The van der Waals surface area contributed by atoms with E-state index in [1.807, 2.05) is 23.1 Å². The summed E-state index contributed by atoms with van der Waals surface area (Å²) in [6, 6.07) is 7.19. The van der Waals surface area contributed by atoms with E-state index < -0.39 is 0 Å². The van der Waals surface area contributed by atoms with Crippen LogP contribution in [0.5, 0.6) is 5.75 Å². The predicted octanol–water partition coefficient (Wildman–Crippen LogP) is 2.61. The van der Waals surface area contributed by atoms with Crippen LogP contribution in [0.2, 0.25) is 0 Å². The Bertz CT molecular complexity index is 557. The molecule has 0 saturated carbocycles. The van der Waals surface area contributed by atoms with Gasteiger partial charge in [0, 0.05) is 31.3 Å². The minimum Gasteiger partial charge on any atom is -0.497 e. The number of ether oxygens (including phenoxy) is 1. The van der Waals surface area contributed by atoms with Crippen molar-refractivity contribution in [1.82, 2.24) is 10.4 Å². The summed E-state index contributed by atoms with van der Waals surface area (Å²) in [6.45, 7) is 1.43. The minimum absolute atomic E-state index is 0.0960. The zero-order valence-electron chi connectivity index (χ0n) is 14.0. The molecule has 24 heavy (non-hydrogen) atoms. The van der Waals surface area contributed by atoms with Crippen molar-refractivity contribution in [2.45, 2.75) is 32.1 Å². The molecular weight excluding hydrogens is 310 g/mol. The van der Waals surface area contributed by atoms with Gasteiger partial charge in [-0.15, -0.1) is 0 Å². The van der Waals surface area contributed by atoms with Gasteiger partial charge in [0.25, 0.3) is 0 Å². The van der Waals surface area contributed by atoms with Gasteiger partial charge in [-0.3, -0.25) is 10.0 Å². The van der Waals surface area contributed by atoms with Crippen LogP contribution in [-0.4, -0.2) is 42.2 Å². The number of carbonyl (C=O) groups is 2. The number of likely N-dealkylation sites (tertiary alicyclic amines) is 1. The van der Waals surface area contributed by atoms with Crippen molar-refractivity contribution < 1.29 is 19.5 Å². The van der Waals surface area contributed by atoms with Crippen LogP contribution in [0.25, 0.3) is 0 Å². The van der Waals surface area contributed by atoms with Crippen LogP contribution in [0.4, 0.5) is 10.5 Å². The fourth-order valence-corrected chi connectivity index (χ4v) is 2.94. The first-order valence-electron chi connectivity index (χ1n) is 8.25. The summed E-state index contributed by atoms with van der Waals surface area (Å²) >= 11 is 0. The van der Waals surface area contributed by atoms with Crippen molar-refractivity contribution in [1.29, 1.82) is 0 Å². The highest BCUT2D eigenvalue weighted by Gasteiger charge is 2.22. The highest BCUT2D eigenvalue weighted by molar-refractivity contribution is 5.89. The first-order chi connectivity index (χ1) is 11.6. The van der Waals surface area contributed by atoms with E-state index in [0.29, 0.717) is 31.2 Å². The van der Waals surface area contributed by atoms with Gasteiger partial charge >= 0.3 is 6.03 Å². The van der Waals surface area contributed by atoms with Gasteiger partial charge in [0.05, 0.1) is 7.11 Å². The van der Waals surface area contributed by atoms with E-state index in [1.54, 1.807) is 18.7 Å².